The van der Waals surface area contributed by atoms with Crippen molar-refractivity contribution < 1.29 is 14.3 Å². The first-order valence-corrected chi connectivity index (χ1v) is 5.51. The summed E-state index contributed by atoms with van der Waals surface area (Å²) in [5.74, 6) is 0.383. The van der Waals surface area contributed by atoms with E-state index in [0.29, 0.717) is 13.0 Å². The van der Waals surface area contributed by atoms with Crippen LogP contribution < -0.4 is 4.74 Å². The maximum Gasteiger partial charge on any atom is 0.313 e. The van der Waals surface area contributed by atoms with Crippen molar-refractivity contribution >= 4 is 21.9 Å². The van der Waals surface area contributed by atoms with Gasteiger partial charge in [0.25, 0.3) is 0 Å². The summed E-state index contributed by atoms with van der Waals surface area (Å²) in [7, 11) is 1.41. The Hall–Kier alpha value is -1.03. The number of halogens is 1. The first-order valence-electron chi connectivity index (χ1n) is 4.72. The lowest BCUT2D eigenvalue weighted by Crippen LogP contribution is -2.22. The van der Waals surface area contributed by atoms with E-state index in [1.807, 2.05) is 18.2 Å². The SMILES string of the molecule is COC(=O)C1CCOc2ccc(Br)cc21. The van der Waals surface area contributed by atoms with Gasteiger partial charge in [0.05, 0.1) is 19.6 Å². The molecular formula is C11H11BrO3. The second-order valence-electron chi connectivity index (χ2n) is 3.40. The first kappa shape index (κ1) is 10.5. The number of esters is 1. The monoisotopic (exact) mass is 270 g/mol. The summed E-state index contributed by atoms with van der Waals surface area (Å²) >= 11 is 3.38. The average Bonchev–Trinajstić information content (AvgIpc) is 2.27. The quantitative estimate of drug-likeness (QED) is 0.736. The first-order chi connectivity index (χ1) is 7.22. The number of carbonyl (C=O) groups excluding carboxylic acids is 1. The number of methoxy groups -OCH3 is 1. The number of fused-ring (bicyclic) bond motifs is 1. The van der Waals surface area contributed by atoms with Crippen LogP contribution in [-0.4, -0.2) is 19.7 Å². The number of rotatable bonds is 1. The molecule has 0 amide bonds. The fourth-order valence-corrected chi connectivity index (χ4v) is 2.13. The Balaban J connectivity index is 2.40. The van der Waals surface area contributed by atoms with Gasteiger partial charge in [0.2, 0.25) is 0 Å². The topological polar surface area (TPSA) is 35.5 Å². The molecule has 0 radical (unpaired) electrons. The molecule has 1 aromatic rings. The summed E-state index contributed by atoms with van der Waals surface area (Å²) in [6.45, 7) is 0.564. The van der Waals surface area contributed by atoms with E-state index in [2.05, 4.69) is 15.9 Å². The molecule has 0 saturated carbocycles. The van der Waals surface area contributed by atoms with E-state index in [1.54, 1.807) is 0 Å². The Morgan fingerprint density at radius 1 is 1.60 bits per heavy atom. The van der Waals surface area contributed by atoms with Crippen molar-refractivity contribution in [3.8, 4) is 5.75 Å². The summed E-state index contributed by atoms with van der Waals surface area (Å²) in [5, 5.41) is 0. The van der Waals surface area contributed by atoms with Gasteiger partial charge in [-0.1, -0.05) is 15.9 Å². The van der Waals surface area contributed by atoms with Crippen LogP contribution in [0.1, 0.15) is 17.9 Å². The second kappa shape index (κ2) is 4.23. The van der Waals surface area contributed by atoms with Crippen LogP contribution in [0.5, 0.6) is 5.75 Å². The predicted octanol–water partition coefficient (Wildman–Crippen LogP) is 2.49. The molecule has 0 fully saturated rings. The lowest BCUT2D eigenvalue weighted by atomic mass is 9.93. The molecule has 80 valence electrons. The predicted molar refractivity (Wildman–Crippen MR) is 59.0 cm³/mol. The van der Waals surface area contributed by atoms with Gasteiger partial charge in [0.1, 0.15) is 5.75 Å². The minimum atomic E-state index is -0.198. The van der Waals surface area contributed by atoms with E-state index in [1.165, 1.54) is 7.11 Å². The van der Waals surface area contributed by atoms with Crippen LogP contribution in [0.3, 0.4) is 0 Å². The molecule has 3 nitrogen and oxygen atoms in total. The van der Waals surface area contributed by atoms with Gasteiger partial charge >= 0.3 is 5.97 Å². The summed E-state index contributed by atoms with van der Waals surface area (Å²) < 4.78 is 11.2. The van der Waals surface area contributed by atoms with Crippen molar-refractivity contribution in [3.05, 3.63) is 28.2 Å². The highest BCUT2D eigenvalue weighted by Crippen LogP contribution is 2.36. The molecule has 2 rings (SSSR count). The maximum atomic E-state index is 11.5. The lowest BCUT2D eigenvalue weighted by Gasteiger charge is -2.24. The molecule has 1 atom stereocenters. The lowest BCUT2D eigenvalue weighted by molar-refractivity contribution is -0.143. The van der Waals surface area contributed by atoms with Gasteiger partial charge in [-0.3, -0.25) is 4.79 Å². The molecule has 1 unspecified atom stereocenters. The van der Waals surface area contributed by atoms with Crippen LogP contribution in [0.4, 0.5) is 0 Å². The minimum Gasteiger partial charge on any atom is -0.493 e. The largest absolute Gasteiger partial charge is 0.493 e. The summed E-state index contributed by atoms with van der Waals surface area (Å²) in [5.41, 5.74) is 0.905. The van der Waals surface area contributed by atoms with Gasteiger partial charge in [0.15, 0.2) is 0 Å². The Morgan fingerprint density at radius 3 is 3.13 bits per heavy atom. The standard InChI is InChI=1S/C11H11BrO3/c1-14-11(13)8-4-5-15-10-3-2-7(12)6-9(8)10/h2-3,6,8H,4-5H2,1H3. The highest BCUT2D eigenvalue weighted by Gasteiger charge is 2.28. The van der Waals surface area contributed by atoms with E-state index in [0.717, 1.165) is 15.8 Å². The van der Waals surface area contributed by atoms with Gasteiger partial charge in [0, 0.05) is 10.0 Å². The summed E-state index contributed by atoms with van der Waals surface area (Å²) in [6, 6.07) is 5.68. The molecule has 0 N–H and O–H groups in total. The van der Waals surface area contributed by atoms with Crippen molar-refractivity contribution in [2.24, 2.45) is 0 Å². The zero-order valence-electron chi connectivity index (χ0n) is 8.33. The molecule has 0 aliphatic carbocycles. The molecule has 0 saturated heterocycles. The second-order valence-corrected chi connectivity index (χ2v) is 4.31. The third-order valence-electron chi connectivity index (χ3n) is 2.50. The zero-order valence-corrected chi connectivity index (χ0v) is 9.91. The number of benzene rings is 1. The van der Waals surface area contributed by atoms with E-state index < -0.39 is 0 Å². The Morgan fingerprint density at radius 2 is 2.40 bits per heavy atom. The van der Waals surface area contributed by atoms with Crippen molar-refractivity contribution in [2.45, 2.75) is 12.3 Å². The van der Waals surface area contributed by atoms with E-state index in [4.69, 9.17) is 9.47 Å². The van der Waals surface area contributed by atoms with Crippen molar-refractivity contribution in [3.63, 3.8) is 0 Å². The molecule has 4 heteroatoms. The van der Waals surface area contributed by atoms with Gasteiger partial charge < -0.3 is 9.47 Å². The molecule has 1 aliphatic rings. The Labute approximate surface area is 96.5 Å². The van der Waals surface area contributed by atoms with Gasteiger partial charge in [-0.05, 0) is 24.6 Å². The van der Waals surface area contributed by atoms with Crippen molar-refractivity contribution in [2.75, 3.05) is 13.7 Å². The fraction of sp³-hybridized carbons (Fsp3) is 0.364. The Bertz CT molecular complexity index is 389. The van der Waals surface area contributed by atoms with Gasteiger partial charge in [-0.15, -0.1) is 0 Å². The number of ether oxygens (including phenoxy) is 2. The molecule has 15 heavy (non-hydrogen) atoms. The third-order valence-corrected chi connectivity index (χ3v) is 2.99. The zero-order chi connectivity index (χ0) is 10.8. The molecule has 0 spiro atoms. The van der Waals surface area contributed by atoms with Crippen LogP contribution >= 0.6 is 15.9 Å². The van der Waals surface area contributed by atoms with Crippen molar-refractivity contribution in [1.82, 2.24) is 0 Å². The minimum absolute atomic E-state index is 0.197. The number of carbonyl (C=O) groups is 1. The van der Waals surface area contributed by atoms with Crippen LogP contribution in [0.25, 0.3) is 0 Å². The molecular weight excluding hydrogens is 260 g/mol. The molecule has 0 aromatic heterocycles. The van der Waals surface area contributed by atoms with E-state index in [9.17, 15) is 4.79 Å². The van der Waals surface area contributed by atoms with Crippen molar-refractivity contribution in [1.29, 1.82) is 0 Å². The van der Waals surface area contributed by atoms with E-state index in [-0.39, 0.29) is 11.9 Å². The smallest absolute Gasteiger partial charge is 0.313 e. The number of hydrogen-bond donors (Lipinski definition) is 0. The molecule has 1 aromatic carbocycles. The highest BCUT2D eigenvalue weighted by molar-refractivity contribution is 9.10. The van der Waals surface area contributed by atoms with Crippen LogP contribution in [-0.2, 0) is 9.53 Å². The van der Waals surface area contributed by atoms with Gasteiger partial charge in [-0.25, -0.2) is 0 Å². The van der Waals surface area contributed by atoms with Crippen LogP contribution in [0.2, 0.25) is 0 Å². The van der Waals surface area contributed by atoms with E-state index >= 15 is 0 Å². The summed E-state index contributed by atoms with van der Waals surface area (Å²) in [4.78, 5) is 11.5. The van der Waals surface area contributed by atoms with Crippen LogP contribution in [0.15, 0.2) is 22.7 Å². The van der Waals surface area contributed by atoms with Crippen LogP contribution in [0, 0.1) is 0 Å². The maximum absolute atomic E-state index is 11.5. The average molecular weight is 271 g/mol. The molecule has 1 aliphatic heterocycles. The number of hydrogen-bond acceptors (Lipinski definition) is 3. The fourth-order valence-electron chi connectivity index (χ4n) is 1.75. The third kappa shape index (κ3) is 2.00. The molecule has 1 heterocycles. The Kier molecular flexibility index (Phi) is 2.95. The normalized spacial score (nSPS) is 18.9. The summed E-state index contributed by atoms with van der Waals surface area (Å²) in [6.07, 6.45) is 0.677. The van der Waals surface area contributed by atoms with Gasteiger partial charge in [-0.2, -0.15) is 0 Å². The highest BCUT2D eigenvalue weighted by atomic mass is 79.9. The molecule has 0 bridgehead atoms.